The molecule has 0 aromatic heterocycles. The molecule has 12 nitrogen and oxygen atoms in total. The Labute approximate surface area is 172 Å². The fraction of sp³-hybridized carbons (Fsp3) is 0.294. The molecule has 0 fully saturated rings. The Hall–Kier alpha value is -3.29. The van der Waals surface area contributed by atoms with Gasteiger partial charge in [-0.05, 0) is 13.0 Å². The molecule has 0 unspecified atom stereocenters. The molecular weight excluding hydrogens is 420 g/mol. The lowest BCUT2D eigenvalue weighted by Crippen LogP contribution is -2.57. The Balaban J connectivity index is 2.61. The predicted octanol–water partition coefficient (Wildman–Crippen LogP) is 0.866. The highest BCUT2D eigenvalue weighted by atomic mass is 32.2. The first-order valence-electron chi connectivity index (χ1n) is 8.51. The van der Waals surface area contributed by atoms with Crippen LogP contribution in [0, 0.1) is 10.1 Å². The average Bonchev–Trinajstić information content (AvgIpc) is 2.68. The quantitative estimate of drug-likeness (QED) is 0.340. The number of sulfonamides is 1. The van der Waals surface area contributed by atoms with Crippen LogP contribution in [0.25, 0.3) is 0 Å². The minimum Gasteiger partial charge on any atom is -0.465 e. The summed E-state index contributed by atoms with van der Waals surface area (Å²) in [6.07, 6.45) is 0.966. The summed E-state index contributed by atoms with van der Waals surface area (Å²) in [5.74, 6) is -0.935. The molecule has 3 N–H and O–H groups in total. The number of amides is 2. The van der Waals surface area contributed by atoms with Gasteiger partial charge in [0.1, 0.15) is 6.04 Å². The summed E-state index contributed by atoms with van der Waals surface area (Å²) < 4.78 is 27.1. The fourth-order valence-corrected chi connectivity index (χ4v) is 4.55. The van der Waals surface area contributed by atoms with Gasteiger partial charge in [-0.15, -0.1) is 6.58 Å². The summed E-state index contributed by atoms with van der Waals surface area (Å²) >= 11 is 0. The van der Waals surface area contributed by atoms with Crippen molar-refractivity contribution in [3.05, 3.63) is 58.7 Å². The first-order valence-corrected chi connectivity index (χ1v) is 9.95. The number of nitrogens with zero attached hydrogens (tertiary/aromatic N) is 3. The van der Waals surface area contributed by atoms with Crippen molar-refractivity contribution in [1.29, 1.82) is 0 Å². The van der Waals surface area contributed by atoms with Crippen LogP contribution < -0.4 is 5.73 Å². The smallest absolute Gasteiger partial charge is 0.408 e. The van der Waals surface area contributed by atoms with Gasteiger partial charge in [0.25, 0.3) is 15.7 Å². The van der Waals surface area contributed by atoms with Gasteiger partial charge in [0.05, 0.1) is 17.6 Å². The monoisotopic (exact) mass is 440 g/mol. The van der Waals surface area contributed by atoms with Gasteiger partial charge in [-0.3, -0.25) is 24.6 Å². The SMILES string of the molecule is C=CCON([C@H]1CN(C(=O)O)[C@H](C(N)=O)C=C1C)S(=O)(=O)c1ccccc1[N+](=O)[O-]. The van der Waals surface area contributed by atoms with E-state index in [1.807, 2.05) is 0 Å². The molecule has 0 spiro atoms. The first-order chi connectivity index (χ1) is 14.0. The summed E-state index contributed by atoms with van der Waals surface area (Å²) in [6, 6.07) is 2.18. The maximum atomic E-state index is 13.3. The van der Waals surface area contributed by atoms with E-state index < -0.39 is 56.2 Å². The molecule has 162 valence electrons. The number of nitrogens with two attached hydrogens (primary N) is 1. The molecule has 1 aliphatic heterocycles. The number of nitro benzene ring substituents is 1. The number of carbonyl (C=O) groups is 2. The second-order valence-electron chi connectivity index (χ2n) is 6.28. The van der Waals surface area contributed by atoms with Crippen LogP contribution in [0.3, 0.4) is 0 Å². The largest absolute Gasteiger partial charge is 0.465 e. The van der Waals surface area contributed by atoms with Crippen LogP contribution in [-0.4, -0.2) is 65.1 Å². The van der Waals surface area contributed by atoms with E-state index in [1.165, 1.54) is 31.2 Å². The van der Waals surface area contributed by atoms with Crippen molar-refractivity contribution in [2.45, 2.75) is 23.9 Å². The number of hydrogen-bond acceptors (Lipinski definition) is 7. The zero-order chi connectivity index (χ0) is 22.6. The van der Waals surface area contributed by atoms with Crippen molar-refractivity contribution >= 4 is 27.7 Å². The Morgan fingerprint density at radius 2 is 2.10 bits per heavy atom. The Kier molecular flexibility index (Phi) is 6.92. The van der Waals surface area contributed by atoms with Crippen LogP contribution in [0.1, 0.15) is 6.92 Å². The lowest BCUT2D eigenvalue weighted by Gasteiger charge is -2.38. The molecule has 1 aliphatic rings. The molecule has 30 heavy (non-hydrogen) atoms. The molecule has 0 radical (unpaired) electrons. The average molecular weight is 440 g/mol. The minimum absolute atomic E-state index is 0.280. The van der Waals surface area contributed by atoms with Gasteiger partial charge in [0.15, 0.2) is 4.90 Å². The molecule has 1 aromatic rings. The molecule has 0 aliphatic carbocycles. The molecule has 1 heterocycles. The number of para-hydroxylation sites is 1. The van der Waals surface area contributed by atoms with Crippen molar-refractivity contribution in [3.8, 4) is 0 Å². The predicted molar refractivity (Wildman–Crippen MR) is 104 cm³/mol. The number of carbonyl (C=O) groups excluding carboxylic acids is 1. The van der Waals surface area contributed by atoms with Crippen molar-refractivity contribution < 1.29 is 32.9 Å². The van der Waals surface area contributed by atoms with Crippen molar-refractivity contribution in [2.75, 3.05) is 13.2 Å². The third-order valence-electron chi connectivity index (χ3n) is 4.34. The van der Waals surface area contributed by atoms with E-state index in [2.05, 4.69) is 6.58 Å². The lowest BCUT2D eigenvalue weighted by molar-refractivity contribution is -0.388. The molecule has 0 bridgehead atoms. The third-order valence-corrected chi connectivity index (χ3v) is 6.07. The summed E-state index contributed by atoms with van der Waals surface area (Å²) in [6.45, 7) is 4.15. The zero-order valence-electron chi connectivity index (χ0n) is 15.9. The highest BCUT2D eigenvalue weighted by Gasteiger charge is 2.43. The third kappa shape index (κ3) is 4.48. The summed E-state index contributed by atoms with van der Waals surface area (Å²) in [4.78, 5) is 39.0. The van der Waals surface area contributed by atoms with Gasteiger partial charge in [-0.1, -0.05) is 34.3 Å². The van der Waals surface area contributed by atoms with Gasteiger partial charge in [0.2, 0.25) is 5.91 Å². The fourth-order valence-electron chi connectivity index (χ4n) is 2.94. The van der Waals surface area contributed by atoms with Crippen molar-refractivity contribution in [3.63, 3.8) is 0 Å². The van der Waals surface area contributed by atoms with Crippen molar-refractivity contribution in [1.82, 2.24) is 9.37 Å². The number of nitro groups is 1. The standard InChI is InChI=1S/C17H20N4O8S/c1-3-8-29-21(30(27,28)15-7-5-4-6-12(15)20(25)26)14-10-19(17(23)24)13(16(18)22)9-11(14)2/h3-7,9,13-14H,1,8,10H2,2H3,(H2,18,22)(H,23,24)/t13-,14-/m0/s1. The summed E-state index contributed by atoms with van der Waals surface area (Å²) in [5.41, 5.74) is 4.86. The highest BCUT2D eigenvalue weighted by molar-refractivity contribution is 7.89. The molecule has 2 atom stereocenters. The molecule has 1 aromatic carbocycles. The first kappa shape index (κ1) is 23.0. The normalized spacial score (nSPS) is 19.3. The van der Waals surface area contributed by atoms with Gasteiger partial charge >= 0.3 is 6.09 Å². The van der Waals surface area contributed by atoms with Gasteiger partial charge in [-0.25, -0.2) is 13.2 Å². The van der Waals surface area contributed by atoms with E-state index in [4.69, 9.17) is 10.6 Å². The zero-order valence-corrected chi connectivity index (χ0v) is 16.7. The van der Waals surface area contributed by atoms with E-state index in [-0.39, 0.29) is 12.2 Å². The molecule has 13 heteroatoms. The van der Waals surface area contributed by atoms with Crippen LogP contribution in [0.5, 0.6) is 0 Å². The summed E-state index contributed by atoms with van der Waals surface area (Å²) in [5, 5.41) is 20.8. The van der Waals surface area contributed by atoms with Crippen LogP contribution >= 0.6 is 0 Å². The topological polar surface area (TPSA) is 173 Å². The maximum Gasteiger partial charge on any atom is 0.408 e. The molecule has 2 amide bonds. The van der Waals surface area contributed by atoms with Crippen LogP contribution in [0.15, 0.2) is 53.5 Å². The lowest BCUT2D eigenvalue weighted by atomic mass is 9.99. The van der Waals surface area contributed by atoms with Crippen LogP contribution in [-0.2, 0) is 19.7 Å². The number of benzene rings is 1. The van der Waals surface area contributed by atoms with E-state index in [0.717, 1.165) is 12.1 Å². The minimum atomic E-state index is -4.62. The van der Waals surface area contributed by atoms with E-state index in [9.17, 15) is 33.2 Å². The number of rotatable bonds is 8. The Bertz CT molecular complexity index is 1010. The maximum absolute atomic E-state index is 13.3. The van der Waals surface area contributed by atoms with E-state index >= 15 is 0 Å². The Morgan fingerprint density at radius 1 is 1.47 bits per heavy atom. The van der Waals surface area contributed by atoms with E-state index in [1.54, 1.807) is 0 Å². The molecular formula is C17H20N4O8S. The van der Waals surface area contributed by atoms with Gasteiger partial charge in [0, 0.05) is 12.6 Å². The van der Waals surface area contributed by atoms with Crippen LogP contribution in [0.4, 0.5) is 10.5 Å². The second-order valence-corrected chi connectivity index (χ2v) is 8.03. The second kappa shape index (κ2) is 9.02. The van der Waals surface area contributed by atoms with Crippen molar-refractivity contribution in [2.24, 2.45) is 5.73 Å². The molecule has 0 saturated carbocycles. The molecule has 0 saturated heterocycles. The van der Waals surface area contributed by atoms with Gasteiger partial charge in [-0.2, -0.15) is 0 Å². The number of hydroxylamine groups is 1. The van der Waals surface area contributed by atoms with Crippen LogP contribution in [0.2, 0.25) is 0 Å². The van der Waals surface area contributed by atoms with Gasteiger partial charge < -0.3 is 10.8 Å². The number of primary amides is 1. The molecule has 2 rings (SSSR count). The number of carboxylic acid groups (broad SMARTS) is 1. The Morgan fingerprint density at radius 3 is 2.63 bits per heavy atom. The summed E-state index contributed by atoms with van der Waals surface area (Å²) in [7, 11) is -4.62. The van der Waals surface area contributed by atoms with E-state index in [0.29, 0.717) is 9.37 Å². The highest BCUT2D eigenvalue weighted by Crippen LogP contribution is 2.31. The number of hydrogen-bond donors (Lipinski definition) is 2.